The van der Waals surface area contributed by atoms with E-state index in [2.05, 4.69) is 82.7 Å². The van der Waals surface area contributed by atoms with Gasteiger partial charge in [-0.05, 0) is 148 Å². The molecule has 0 aliphatic carbocycles. The Kier molecular flexibility index (Phi) is 27.7. The van der Waals surface area contributed by atoms with Crippen LogP contribution in [0.4, 0.5) is 0 Å². The maximum absolute atomic E-state index is 10.9. The van der Waals surface area contributed by atoms with Crippen molar-refractivity contribution in [2.24, 2.45) is 0 Å². The van der Waals surface area contributed by atoms with Crippen LogP contribution in [0.5, 0.6) is 23.0 Å². The molecule has 0 radical (unpaired) electrons. The molecule has 0 aromatic heterocycles. The van der Waals surface area contributed by atoms with E-state index in [0.29, 0.717) is 86.0 Å². The lowest BCUT2D eigenvalue weighted by atomic mass is 10.1. The van der Waals surface area contributed by atoms with Crippen molar-refractivity contribution in [3.63, 3.8) is 0 Å². The van der Waals surface area contributed by atoms with E-state index in [1.807, 2.05) is 36.4 Å². The van der Waals surface area contributed by atoms with Crippen LogP contribution in [0.1, 0.15) is 73.6 Å². The molecular formula is C44H52Br4O12. The van der Waals surface area contributed by atoms with Crippen molar-refractivity contribution in [3.05, 3.63) is 113 Å². The molecule has 0 heterocycles. The van der Waals surface area contributed by atoms with Crippen LogP contribution < -0.4 is 0 Å². The zero-order valence-corrected chi connectivity index (χ0v) is 40.3. The summed E-state index contributed by atoms with van der Waals surface area (Å²) in [6.07, 6.45) is 6.89. The molecule has 0 bridgehead atoms. The molecule has 4 rings (SSSR count). The lowest BCUT2D eigenvalue weighted by Crippen LogP contribution is -2.00. The third kappa shape index (κ3) is 22.5. The largest absolute Gasteiger partial charge is 0.508 e. The Morgan fingerprint density at radius 2 is 0.833 bits per heavy atom. The fourth-order valence-electron chi connectivity index (χ4n) is 5.15. The van der Waals surface area contributed by atoms with Crippen molar-refractivity contribution in [1.82, 2.24) is 0 Å². The molecule has 328 valence electrons. The number of para-hydroxylation sites is 2. The van der Waals surface area contributed by atoms with Crippen LogP contribution in [0.25, 0.3) is 0 Å². The predicted molar refractivity (Wildman–Crippen MR) is 243 cm³/mol. The molecule has 0 aliphatic heterocycles. The molecule has 4 N–H and O–H groups in total. The Bertz CT molecular complexity index is 1930. The van der Waals surface area contributed by atoms with Gasteiger partial charge in [-0.15, -0.1) is 0 Å². The smallest absolute Gasteiger partial charge is 0.305 e. The number of rotatable bonds is 16. The Morgan fingerprint density at radius 1 is 0.433 bits per heavy atom. The Balaban J connectivity index is 0.000000400. The summed E-state index contributed by atoms with van der Waals surface area (Å²) in [5, 5.41) is 38.4. The number of esters is 4. The van der Waals surface area contributed by atoms with Gasteiger partial charge in [0, 0.05) is 34.6 Å². The predicted octanol–water partition coefficient (Wildman–Crippen LogP) is 10.6. The molecule has 12 nitrogen and oxygen atoms in total. The number of carbonyl (C=O) groups excluding carboxylic acids is 4. The minimum Gasteiger partial charge on any atom is -0.508 e. The Hall–Kier alpha value is -4.12. The quantitative estimate of drug-likeness (QED) is 0.0616. The zero-order chi connectivity index (χ0) is 45.0. The summed E-state index contributed by atoms with van der Waals surface area (Å²) in [5.74, 6) is 0.166. The van der Waals surface area contributed by atoms with Gasteiger partial charge in [-0.25, -0.2) is 0 Å². The maximum Gasteiger partial charge on any atom is 0.305 e. The molecule has 4 aromatic rings. The van der Waals surface area contributed by atoms with E-state index in [-0.39, 0.29) is 46.9 Å². The van der Waals surface area contributed by atoms with Gasteiger partial charge in [0.25, 0.3) is 0 Å². The van der Waals surface area contributed by atoms with Crippen LogP contribution in [0.3, 0.4) is 0 Å². The summed E-state index contributed by atoms with van der Waals surface area (Å²) in [5.41, 5.74) is 3.36. The van der Waals surface area contributed by atoms with Crippen molar-refractivity contribution in [2.75, 3.05) is 28.4 Å². The second-order valence-electron chi connectivity index (χ2n) is 12.8. The first-order valence-corrected chi connectivity index (χ1v) is 21.9. The van der Waals surface area contributed by atoms with E-state index in [1.54, 1.807) is 36.4 Å². The molecule has 16 heteroatoms. The molecule has 0 amide bonds. The summed E-state index contributed by atoms with van der Waals surface area (Å²) >= 11 is 13.2. The number of phenols is 4. The molecule has 0 unspecified atom stereocenters. The van der Waals surface area contributed by atoms with Crippen LogP contribution in [0.2, 0.25) is 0 Å². The van der Waals surface area contributed by atoms with Crippen molar-refractivity contribution < 1.29 is 58.6 Å². The number of aryl methyl sites for hydroxylation is 4. The second-order valence-corrected chi connectivity index (χ2v) is 16.3. The number of hydrogen-bond donors (Lipinski definition) is 4. The summed E-state index contributed by atoms with van der Waals surface area (Å²) in [6.45, 7) is 0. The number of hydrogen-bond acceptors (Lipinski definition) is 12. The SMILES string of the molecule is COC(=O)CCCc1cc(Br)cc(Br)c1O.COC(=O)CCCc1cc(Br)ccc1O.COC(=O)CCCc1cccc(Br)c1O.COC(=O)CCCc1ccccc1O. The molecular weight excluding hydrogens is 1040 g/mol. The summed E-state index contributed by atoms with van der Waals surface area (Å²) < 4.78 is 21.3. The number of benzene rings is 4. The van der Waals surface area contributed by atoms with Gasteiger partial charge in [0.05, 0.1) is 37.4 Å². The standard InChI is InChI=1S/C11H12Br2O3.2C11H13BrO3.C11H14O3/c1-16-10(14)4-2-3-7-5-8(12)6-9(13)11(7)15;1-15-10(13)7-3-5-8-4-2-6-9(12)11(8)14;1-15-11(14)4-2-3-8-7-9(12)5-6-10(8)13;1-14-11(13)8-4-6-9-5-2-3-7-10(9)12/h5-6,15H,2-4H2,1H3;2,4,6,14H,3,5,7H2,1H3;5-7,13H,2-4H2,1H3;2-3,5,7,12H,4,6,8H2,1H3. The highest BCUT2D eigenvalue weighted by molar-refractivity contribution is 9.11. The normalized spacial score (nSPS) is 10.0. The third-order valence-electron chi connectivity index (χ3n) is 8.43. The average Bonchev–Trinajstić information content (AvgIpc) is 3.23. The summed E-state index contributed by atoms with van der Waals surface area (Å²) in [7, 11) is 5.50. The molecule has 0 saturated carbocycles. The minimum atomic E-state index is -0.228. The topological polar surface area (TPSA) is 186 Å². The van der Waals surface area contributed by atoms with Crippen molar-refractivity contribution in [2.45, 2.75) is 77.0 Å². The number of ether oxygens (including phenoxy) is 4. The highest BCUT2D eigenvalue weighted by atomic mass is 79.9. The van der Waals surface area contributed by atoms with E-state index >= 15 is 0 Å². The molecule has 60 heavy (non-hydrogen) atoms. The van der Waals surface area contributed by atoms with Gasteiger partial charge in [-0.1, -0.05) is 62.2 Å². The lowest BCUT2D eigenvalue weighted by molar-refractivity contribution is -0.141. The van der Waals surface area contributed by atoms with Gasteiger partial charge < -0.3 is 39.4 Å². The molecule has 0 fully saturated rings. The van der Waals surface area contributed by atoms with Crippen LogP contribution in [-0.2, 0) is 63.8 Å². The summed E-state index contributed by atoms with van der Waals surface area (Å²) in [6, 6.07) is 21.5. The van der Waals surface area contributed by atoms with Crippen molar-refractivity contribution in [3.8, 4) is 23.0 Å². The maximum atomic E-state index is 10.9. The highest BCUT2D eigenvalue weighted by Gasteiger charge is 2.10. The number of methoxy groups -OCH3 is 4. The zero-order valence-electron chi connectivity index (χ0n) is 34.0. The number of aromatic hydroxyl groups is 4. The van der Waals surface area contributed by atoms with Crippen LogP contribution >= 0.6 is 63.7 Å². The van der Waals surface area contributed by atoms with Crippen molar-refractivity contribution in [1.29, 1.82) is 0 Å². The van der Waals surface area contributed by atoms with Crippen LogP contribution in [-0.4, -0.2) is 72.7 Å². The number of carbonyl (C=O) groups is 4. The van der Waals surface area contributed by atoms with Gasteiger partial charge in [-0.2, -0.15) is 0 Å². The number of halogens is 4. The van der Waals surface area contributed by atoms with Gasteiger partial charge in [0.2, 0.25) is 0 Å². The van der Waals surface area contributed by atoms with E-state index < -0.39 is 0 Å². The first kappa shape index (κ1) is 53.9. The number of phenolic OH excluding ortho intramolecular Hbond substituents is 4. The Labute approximate surface area is 385 Å². The fourth-order valence-corrected chi connectivity index (χ4v) is 7.28. The molecule has 0 atom stereocenters. The van der Waals surface area contributed by atoms with E-state index in [4.69, 9.17) is 0 Å². The van der Waals surface area contributed by atoms with E-state index in [9.17, 15) is 39.6 Å². The van der Waals surface area contributed by atoms with Crippen molar-refractivity contribution >= 4 is 87.6 Å². The van der Waals surface area contributed by atoms with Gasteiger partial charge in [0.15, 0.2) is 0 Å². The van der Waals surface area contributed by atoms with Crippen LogP contribution in [0.15, 0.2) is 90.7 Å². The Morgan fingerprint density at radius 3 is 1.33 bits per heavy atom. The van der Waals surface area contributed by atoms with Gasteiger partial charge in [0.1, 0.15) is 23.0 Å². The third-order valence-corrected chi connectivity index (χ3v) is 10.6. The lowest BCUT2D eigenvalue weighted by Gasteiger charge is -2.07. The highest BCUT2D eigenvalue weighted by Crippen LogP contribution is 2.33. The molecule has 0 saturated heterocycles. The minimum absolute atomic E-state index is 0.208. The summed E-state index contributed by atoms with van der Waals surface area (Å²) in [4.78, 5) is 43.4. The monoisotopic (exact) mass is 1090 g/mol. The fraction of sp³-hybridized carbons (Fsp3) is 0.364. The van der Waals surface area contributed by atoms with Gasteiger partial charge in [-0.3, -0.25) is 19.2 Å². The first-order chi connectivity index (χ1) is 28.6. The first-order valence-electron chi connectivity index (χ1n) is 18.7. The second kappa shape index (κ2) is 30.8. The van der Waals surface area contributed by atoms with Gasteiger partial charge >= 0.3 is 23.9 Å². The molecule has 0 spiro atoms. The molecule has 4 aromatic carbocycles. The molecule has 0 aliphatic rings. The van der Waals surface area contributed by atoms with E-state index in [0.717, 1.165) is 31.2 Å². The van der Waals surface area contributed by atoms with Crippen LogP contribution in [0, 0.1) is 0 Å². The van der Waals surface area contributed by atoms with E-state index in [1.165, 1.54) is 28.4 Å². The average molecular weight is 1090 g/mol.